The lowest BCUT2D eigenvalue weighted by molar-refractivity contribution is -0.122. The zero-order chi connectivity index (χ0) is 14.5. The van der Waals surface area contributed by atoms with Crippen LogP contribution in [0.1, 0.15) is 5.56 Å². The second kappa shape index (κ2) is 6.78. The normalized spacial score (nSPS) is 18.4. The molecule has 21 heavy (non-hydrogen) atoms. The van der Waals surface area contributed by atoms with E-state index >= 15 is 0 Å². The first-order valence-electron chi connectivity index (χ1n) is 7.01. The Kier molecular flexibility index (Phi) is 4.57. The number of carbonyl (C=O) groups excluding carboxylic acids is 1. The minimum Gasteiger partial charge on any atom is -0.351 e. The lowest BCUT2D eigenvalue weighted by Crippen LogP contribution is -2.48. The van der Waals surface area contributed by atoms with Crippen LogP contribution in [0.3, 0.4) is 0 Å². The average Bonchev–Trinajstić information content (AvgIpc) is 3.03. The number of para-hydroxylation sites is 1. The van der Waals surface area contributed by atoms with Crippen molar-refractivity contribution < 1.29 is 4.79 Å². The van der Waals surface area contributed by atoms with Gasteiger partial charge in [-0.05, 0) is 12.1 Å². The predicted molar refractivity (Wildman–Crippen MR) is 84.5 cm³/mol. The van der Waals surface area contributed by atoms with Crippen molar-refractivity contribution >= 4 is 17.7 Å². The van der Waals surface area contributed by atoms with Gasteiger partial charge in [-0.1, -0.05) is 18.2 Å². The summed E-state index contributed by atoms with van der Waals surface area (Å²) in [6.45, 7) is 1.41. The zero-order valence-electron chi connectivity index (χ0n) is 11.7. The van der Waals surface area contributed by atoms with Gasteiger partial charge in [-0.3, -0.25) is 4.79 Å². The summed E-state index contributed by atoms with van der Waals surface area (Å²) >= 11 is 1.81. The Hall–Kier alpha value is -1.79. The molecule has 1 fully saturated rings. The van der Waals surface area contributed by atoms with Crippen LogP contribution in [-0.4, -0.2) is 39.8 Å². The van der Waals surface area contributed by atoms with Crippen LogP contribution in [0.2, 0.25) is 0 Å². The number of amides is 1. The molecule has 1 unspecified atom stereocenters. The van der Waals surface area contributed by atoms with E-state index in [9.17, 15) is 4.79 Å². The first kappa shape index (κ1) is 14.2. The fourth-order valence-electron chi connectivity index (χ4n) is 2.22. The fourth-order valence-corrected chi connectivity index (χ4v) is 3.15. The summed E-state index contributed by atoms with van der Waals surface area (Å²) in [5.41, 5.74) is 2.01. The van der Waals surface area contributed by atoms with Crippen molar-refractivity contribution in [3.05, 3.63) is 48.3 Å². The highest BCUT2D eigenvalue weighted by Crippen LogP contribution is 2.09. The Morgan fingerprint density at radius 1 is 1.43 bits per heavy atom. The van der Waals surface area contributed by atoms with Gasteiger partial charge in [0.05, 0.1) is 17.9 Å². The van der Waals surface area contributed by atoms with Gasteiger partial charge in [-0.15, -0.1) is 0 Å². The maximum absolute atomic E-state index is 12.0. The molecule has 2 heterocycles. The van der Waals surface area contributed by atoms with Crippen LogP contribution in [0.5, 0.6) is 0 Å². The molecule has 110 valence electrons. The maximum atomic E-state index is 12.0. The van der Waals surface area contributed by atoms with Gasteiger partial charge in [0.25, 0.3) is 0 Å². The van der Waals surface area contributed by atoms with Gasteiger partial charge in [0.15, 0.2) is 0 Å². The summed E-state index contributed by atoms with van der Waals surface area (Å²) in [6, 6.07) is 9.85. The molecule has 1 aromatic carbocycles. The van der Waals surface area contributed by atoms with Crippen molar-refractivity contribution in [3.63, 3.8) is 0 Å². The van der Waals surface area contributed by atoms with E-state index < -0.39 is 0 Å². The van der Waals surface area contributed by atoms with E-state index in [0.29, 0.717) is 6.54 Å². The lowest BCUT2D eigenvalue weighted by Gasteiger charge is -2.22. The third-order valence-electron chi connectivity index (χ3n) is 3.36. The molecule has 1 saturated heterocycles. The molecule has 0 radical (unpaired) electrons. The summed E-state index contributed by atoms with van der Waals surface area (Å²) in [4.78, 5) is 12.0. The molecule has 1 aromatic heterocycles. The molecule has 2 N–H and O–H groups in total. The highest BCUT2D eigenvalue weighted by atomic mass is 32.2. The molecular formula is C15H18N4OS. The van der Waals surface area contributed by atoms with Crippen molar-refractivity contribution in [1.29, 1.82) is 0 Å². The van der Waals surface area contributed by atoms with Crippen molar-refractivity contribution in [2.75, 3.05) is 18.1 Å². The van der Waals surface area contributed by atoms with Gasteiger partial charge in [0, 0.05) is 36.4 Å². The molecule has 0 aliphatic carbocycles. The Labute approximate surface area is 128 Å². The van der Waals surface area contributed by atoms with Crippen LogP contribution >= 0.6 is 11.8 Å². The molecule has 5 nitrogen and oxygen atoms in total. The van der Waals surface area contributed by atoms with Crippen LogP contribution in [0.4, 0.5) is 0 Å². The van der Waals surface area contributed by atoms with E-state index in [-0.39, 0.29) is 11.9 Å². The topological polar surface area (TPSA) is 59.0 Å². The smallest absolute Gasteiger partial charge is 0.238 e. The zero-order valence-corrected chi connectivity index (χ0v) is 12.5. The molecule has 6 heteroatoms. The van der Waals surface area contributed by atoms with E-state index in [1.165, 1.54) is 0 Å². The monoisotopic (exact) mass is 302 g/mol. The number of thioether (sulfide) groups is 1. The number of hydrogen-bond acceptors (Lipinski definition) is 4. The van der Waals surface area contributed by atoms with Gasteiger partial charge in [0.2, 0.25) is 5.91 Å². The lowest BCUT2D eigenvalue weighted by atomic mass is 10.3. The summed E-state index contributed by atoms with van der Waals surface area (Å²) in [5.74, 6) is 1.98. The highest BCUT2D eigenvalue weighted by Gasteiger charge is 2.20. The number of nitrogens with one attached hydrogen (secondary N) is 2. The number of hydrogen-bond donors (Lipinski definition) is 2. The van der Waals surface area contributed by atoms with Gasteiger partial charge < -0.3 is 10.6 Å². The maximum Gasteiger partial charge on any atom is 0.238 e. The van der Waals surface area contributed by atoms with Crippen LogP contribution in [0.15, 0.2) is 42.7 Å². The second-order valence-electron chi connectivity index (χ2n) is 4.93. The quantitative estimate of drug-likeness (QED) is 0.891. The van der Waals surface area contributed by atoms with Crippen molar-refractivity contribution in [2.24, 2.45) is 0 Å². The average molecular weight is 302 g/mol. The third kappa shape index (κ3) is 3.65. The van der Waals surface area contributed by atoms with Crippen molar-refractivity contribution in [3.8, 4) is 5.69 Å². The van der Waals surface area contributed by atoms with Crippen LogP contribution in [0, 0.1) is 0 Å². The van der Waals surface area contributed by atoms with Crippen molar-refractivity contribution in [2.45, 2.75) is 12.6 Å². The van der Waals surface area contributed by atoms with Gasteiger partial charge in [-0.2, -0.15) is 16.9 Å². The minimum atomic E-state index is -0.0760. The van der Waals surface area contributed by atoms with E-state index in [4.69, 9.17) is 0 Å². The van der Waals surface area contributed by atoms with Gasteiger partial charge in [-0.25, -0.2) is 4.68 Å². The molecular weight excluding hydrogens is 284 g/mol. The summed E-state index contributed by atoms with van der Waals surface area (Å²) in [7, 11) is 0. The Bertz CT molecular complexity index is 593. The molecule has 1 amide bonds. The molecule has 2 aromatic rings. The minimum absolute atomic E-state index is 0.0645. The predicted octanol–water partition coefficient (Wildman–Crippen LogP) is 1.19. The fraction of sp³-hybridized carbons (Fsp3) is 0.333. The van der Waals surface area contributed by atoms with E-state index in [1.807, 2.05) is 53.0 Å². The number of nitrogens with zero attached hydrogens (tertiary/aromatic N) is 2. The molecule has 1 atom stereocenters. The summed E-state index contributed by atoms with van der Waals surface area (Å²) < 4.78 is 1.82. The first-order chi connectivity index (χ1) is 10.3. The standard InChI is InChI=1S/C15H18N4OS/c20-15(14-11-21-7-6-16-14)17-8-12-9-18-19(10-12)13-4-2-1-3-5-13/h1-5,9-10,14,16H,6-8,11H2,(H,17,20). The Balaban J connectivity index is 1.56. The van der Waals surface area contributed by atoms with Crippen molar-refractivity contribution in [1.82, 2.24) is 20.4 Å². The van der Waals surface area contributed by atoms with E-state index in [1.54, 1.807) is 6.20 Å². The van der Waals surface area contributed by atoms with E-state index in [2.05, 4.69) is 15.7 Å². The largest absolute Gasteiger partial charge is 0.351 e. The third-order valence-corrected chi connectivity index (χ3v) is 4.42. The van der Waals surface area contributed by atoms with Crippen LogP contribution < -0.4 is 10.6 Å². The Morgan fingerprint density at radius 2 is 2.29 bits per heavy atom. The van der Waals surface area contributed by atoms with E-state index in [0.717, 1.165) is 29.3 Å². The molecule has 1 aliphatic rings. The molecule has 3 rings (SSSR count). The second-order valence-corrected chi connectivity index (χ2v) is 6.08. The van der Waals surface area contributed by atoms with Gasteiger partial charge in [0.1, 0.15) is 0 Å². The van der Waals surface area contributed by atoms with Gasteiger partial charge >= 0.3 is 0 Å². The molecule has 0 saturated carbocycles. The number of carbonyl (C=O) groups is 1. The van der Waals surface area contributed by atoms with Crippen LogP contribution in [-0.2, 0) is 11.3 Å². The summed E-state index contributed by atoms with van der Waals surface area (Å²) in [6.07, 6.45) is 3.73. The van der Waals surface area contributed by atoms with Crippen LogP contribution in [0.25, 0.3) is 5.69 Å². The Morgan fingerprint density at radius 3 is 3.05 bits per heavy atom. The molecule has 0 spiro atoms. The first-order valence-corrected chi connectivity index (χ1v) is 8.16. The summed E-state index contributed by atoms with van der Waals surface area (Å²) in [5, 5.41) is 10.5. The number of benzene rings is 1. The number of rotatable bonds is 4. The highest BCUT2D eigenvalue weighted by molar-refractivity contribution is 7.99. The molecule has 1 aliphatic heterocycles. The number of aromatic nitrogens is 2. The molecule has 0 bridgehead atoms. The SMILES string of the molecule is O=C(NCc1cnn(-c2ccccc2)c1)C1CSCCN1.